The maximum absolute atomic E-state index is 12.1. The van der Waals surface area contributed by atoms with Crippen LogP contribution in [0.1, 0.15) is 48.7 Å². The molecule has 1 unspecified atom stereocenters. The van der Waals surface area contributed by atoms with Crippen molar-refractivity contribution in [2.24, 2.45) is 0 Å². The van der Waals surface area contributed by atoms with Crippen LogP contribution in [-0.4, -0.2) is 34.0 Å². The fourth-order valence-corrected chi connectivity index (χ4v) is 3.20. The van der Waals surface area contributed by atoms with Crippen molar-refractivity contribution in [3.63, 3.8) is 0 Å². The molecule has 1 amide bonds. The highest BCUT2D eigenvalue weighted by molar-refractivity contribution is 7.09. The van der Waals surface area contributed by atoms with Crippen LogP contribution >= 0.6 is 11.3 Å². The number of thiophene rings is 1. The second-order valence-electron chi connectivity index (χ2n) is 5.72. The van der Waals surface area contributed by atoms with Crippen LogP contribution < -0.4 is 0 Å². The number of hydrogen-bond acceptors (Lipinski definition) is 5. The number of carbonyl (C=O) groups excluding carboxylic acids is 1. The number of amides is 1. The summed E-state index contributed by atoms with van der Waals surface area (Å²) < 4.78 is 5.32. The lowest BCUT2D eigenvalue weighted by atomic mass is 10.1. The van der Waals surface area contributed by atoms with E-state index < -0.39 is 0 Å². The highest BCUT2D eigenvalue weighted by Crippen LogP contribution is 2.28. The number of rotatable bonds is 5. The number of hydrogen-bond donors (Lipinski definition) is 0. The van der Waals surface area contributed by atoms with Gasteiger partial charge in [0.05, 0.1) is 5.92 Å². The Bertz CT molecular complexity index is 606. The third kappa shape index (κ3) is 3.15. The summed E-state index contributed by atoms with van der Waals surface area (Å²) in [5, 5.41) is 6.05. The van der Waals surface area contributed by atoms with E-state index >= 15 is 0 Å². The molecule has 3 heterocycles. The molecule has 1 saturated heterocycles. The molecular formula is C15H19N3O2S. The SMILES string of the molecule is CC(C)c1noc(C2CC(=O)N(CCc3cccs3)C2)n1. The Labute approximate surface area is 128 Å². The van der Waals surface area contributed by atoms with Crippen molar-refractivity contribution >= 4 is 17.2 Å². The smallest absolute Gasteiger partial charge is 0.232 e. The molecule has 0 bridgehead atoms. The van der Waals surface area contributed by atoms with Crippen LogP contribution in [0.4, 0.5) is 0 Å². The third-order valence-electron chi connectivity index (χ3n) is 3.75. The highest BCUT2D eigenvalue weighted by Gasteiger charge is 2.34. The van der Waals surface area contributed by atoms with Gasteiger partial charge in [-0.25, -0.2) is 0 Å². The van der Waals surface area contributed by atoms with Crippen molar-refractivity contribution in [2.75, 3.05) is 13.1 Å². The van der Waals surface area contributed by atoms with Crippen LogP contribution in [0.2, 0.25) is 0 Å². The van der Waals surface area contributed by atoms with Gasteiger partial charge in [0.2, 0.25) is 11.8 Å². The zero-order chi connectivity index (χ0) is 14.8. The highest BCUT2D eigenvalue weighted by atomic mass is 32.1. The van der Waals surface area contributed by atoms with Gasteiger partial charge in [-0.3, -0.25) is 4.79 Å². The molecule has 2 aromatic rings. The summed E-state index contributed by atoms with van der Waals surface area (Å²) in [7, 11) is 0. The largest absolute Gasteiger partial charge is 0.342 e. The summed E-state index contributed by atoms with van der Waals surface area (Å²) in [4.78, 5) is 19.7. The van der Waals surface area contributed by atoms with Crippen molar-refractivity contribution in [3.05, 3.63) is 34.1 Å². The fraction of sp³-hybridized carbons (Fsp3) is 0.533. The van der Waals surface area contributed by atoms with Gasteiger partial charge in [-0.05, 0) is 17.9 Å². The minimum absolute atomic E-state index is 0.0424. The topological polar surface area (TPSA) is 59.2 Å². The van der Waals surface area contributed by atoms with Crippen LogP contribution in [0.25, 0.3) is 0 Å². The molecule has 0 spiro atoms. The van der Waals surface area contributed by atoms with E-state index in [4.69, 9.17) is 4.52 Å². The normalized spacial score (nSPS) is 18.9. The molecule has 5 nitrogen and oxygen atoms in total. The molecule has 0 aliphatic carbocycles. The Kier molecular flexibility index (Phi) is 4.05. The Hall–Kier alpha value is -1.69. The second kappa shape index (κ2) is 5.97. The van der Waals surface area contributed by atoms with Gasteiger partial charge >= 0.3 is 0 Å². The van der Waals surface area contributed by atoms with Crippen molar-refractivity contribution < 1.29 is 9.32 Å². The first-order valence-corrected chi connectivity index (χ1v) is 8.15. The molecule has 0 N–H and O–H groups in total. The number of aromatic nitrogens is 2. The van der Waals surface area contributed by atoms with E-state index in [0.29, 0.717) is 18.9 Å². The van der Waals surface area contributed by atoms with Gasteiger partial charge in [0, 0.05) is 30.3 Å². The number of carbonyl (C=O) groups is 1. The maximum Gasteiger partial charge on any atom is 0.232 e. The first-order chi connectivity index (χ1) is 10.1. The van der Waals surface area contributed by atoms with E-state index in [9.17, 15) is 4.79 Å². The van der Waals surface area contributed by atoms with E-state index in [0.717, 1.165) is 18.8 Å². The Morgan fingerprint density at radius 2 is 2.38 bits per heavy atom. The van der Waals surface area contributed by atoms with Crippen molar-refractivity contribution in [1.82, 2.24) is 15.0 Å². The first kappa shape index (κ1) is 14.3. The first-order valence-electron chi connectivity index (χ1n) is 7.27. The lowest BCUT2D eigenvalue weighted by molar-refractivity contribution is -0.127. The third-order valence-corrected chi connectivity index (χ3v) is 4.68. The van der Waals surface area contributed by atoms with Crippen LogP contribution in [0.5, 0.6) is 0 Å². The monoisotopic (exact) mass is 305 g/mol. The molecule has 1 aliphatic heterocycles. The predicted molar refractivity (Wildman–Crippen MR) is 80.3 cm³/mol. The average Bonchev–Trinajstić information content (AvgIpc) is 3.17. The summed E-state index contributed by atoms with van der Waals surface area (Å²) in [6.07, 6.45) is 1.39. The Morgan fingerprint density at radius 1 is 1.52 bits per heavy atom. The van der Waals surface area contributed by atoms with Gasteiger partial charge in [0.15, 0.2) is 5.82 Å². The van der Waals surface area contributed by atoms with Gasteiger partial charge < -0.3 is 9.42 Å². The zero-order valence-corrected chi connectivity index (χ0v) is 13.1. The molecule has 1 atom stereocenters. The molecule has 0 saturated carbocycles. The second-order valence-corrected chi connectivity index (χ2v) is 6.75. The van der Waals surface area contributed by atoms with Crippen LogP contribution in [0.3, 0.4) is 0 Å². The molecule has 0 aromatic carbocycles. The van der Waals surface area contributed by atoms with Gasteiger partial charge in [-0.15, -0.1) is 11.3 Å². The quantitative estimate of drug-likeness (QED) is 0.852. The molecule has 21 heavy (non-hydrogen) atoms. The lowest BCUT2D eigenvalue weighted by Crippen LogP contribution is -2.27. The minimum Gasteiger partial charge on any atom is -0.342 e. The Balaban J connectivity index is 1.61. The standard InChI is InChI=1S/C15H19N3O2S/c1-10(2)14-16-15(20-17-14)11-8-13(19)18(9-11)6-5-12-4-3-7-21-12/h3-4,7,10-11H,5-6,8-9H2,1-2H3. The number of likely N-dealkylation sites (tertiary alicyclic amines) is 1. The zero-order valence-electron chi connectivity index (χ0n) is 12.3. The predicted octanol–water partition coefficient (Wildman–Crippen LogP) is 2.81. The van der Waals surface area contributed by atoms with Crippen molar-refractivity contribution in [2.45, 2.75) is 38.5 Å². The van der Waals surface area contributed by atoms with Crippen LogP contribution in [-0.2, 0) is 11.2 Å². The van der Waals surface area contributed by atoms with E-state index in [2.05, 4.69) is 21.6 Å². The van der Waals surface area contributed by atoms with Crippen LogP contribution in [0.15, 0.2) is 22.0 Å². The maximum atomic E-state index is 12.1. The summed E-state index contributed by atoms with van der Waals surface area (Å²) in [6, 6.07) is 4.15. The van der Waals surface area contributed by atoms with Crippen molar-refractivity contribution in [3.8, 4) is 0 Å². The molecule has 112 valence electrons. The average molecular weight is 305 g/mol. The van der Waals surface area contributed by atoms with Crippen LogP contribution in [0, 0.1) is 0 Å². The molecule has 3 rings (SSSR count). The number of nitrogens with zero attached hydrogens (tertiary/aromatic N) is 3. The molecule has 1 aliphatic rings. The molecule has 6 heteroatoms. The van der Waals surface area contributed by atoms with Crippen molar-refractivity contribution in [1.29, 1.82) is 0 Å². The van der Waals surface area contributed by atoms with Gasteiger partial charge in [-0.2, -0.15) is 4.98 Å². The van der Waals surface area contributed by atoms with Gasteiger partial charge in [0.1, 0.15) is 0 Å². The van der Waals surface area contributed by atoms with E-state index in [-0.39, 0.29) is 17.7 Å². The Morgan fingerprint density at radius 3 is 3.05 bits per heavy atom. The summed E-state index contributed by atoms with van der Waals surface area (Å²) in [5.74, 6) is 1.79. The van der Waals surface area contributed by atoms with E-state index in [1.54, 1.807) is 11.3 Å². The van der Waals surface area contributed by atoms with E-state index in [1.165, 1.54) is 4.88 Å². The fourth-order valence-electron chi connectivity index (χ4n) is 2.50. The summed E-state index contributed by atoms with van der Waals surface area (Å²) >= 11 is 1.73. The summed E-state index contributed by atoms with van der Waals surface area (Å²) in [6.45, 7) is 5.51. The van der Waals surface area contributed by atoms with E-state index in [1.807, 2.05) is 24.8 Å². The molecule has 0 radical (unpaired) electrons. The van der Waals surface area contributed by atoms with Gasteiger partial charge in [0.25, 0.3) is 0 Å². The summed E-state index contributed by atoms with van der Waals surface area (Å²) in [5.41, 5.74) is 0. The van der Waals surface area contributed by atoms with Gasteiger partial charge in [-0.1, -0.05) is 25.1 Å². The molecular weight excluding hydrogens is 286 g/mol. The molecule has 2 aromatic heterocycles. The lowest BCUT2D eigenvalue weighted by Gasteiger charge is -2.15. The molecule has 1 fully saturated rings. The minimum atomic E-state index is 0.0424.